The Kier molecular flexibility index (Phi) is 3.88. The van der Waals surface area contributed by atoms with Gasteiger partial charge in [0, 0.05) is 29.9 Å². The highest BCUT2D eigenvalue weighted by Gasteiger charge is 2.54. The summed E-state index contributed by atoms with van der Waals surface area (Å²) in [5, 5.41) is 9.79. The van der Waals surface area contributed by atoms with Crippen molar-refractivity contribution in [3.63, 3.8) is 0 Å². The number of fused-ring (bicyclic) bond motifs is 1. The fourth-order valence-corrected chi connectivity index (χ4v) is 3.85. The molecule has 1 aliphatic rings. The number of hydrogen-bond donors (Lipinski definition) is 1. The number of aromatic nitrogens is 1. The topological polar surface area (TPSA) is 67.3 Å². The Labute approximate surface area is 138 Å². The average molecular weight is 379 g/mol. The third-order valence-electron chi connectivity index (χ3n) is 3.97. The highest BCUT2D eigenvalue weighted by Crippen LogP contribution is 2.50. The molecule has 2 aromatic rings. The van der Waals surface area contributed by atoms with Crippen molar-refractivity contribution in [1.29, 1.82) is 0 Å². The standard InChI is InChI=1S/C15H10F5NO3S/c16-14(17)6-10-9(8-2-1-5-21-7-8)3-4-11(12(10)13(14)22)25(23,24)15(18,19)20/h1-5,7,13,22H,6H2/t13-/m0/s1. The van der Waals surface area contributed by atoms with E-state index >= 15 is 0 Å². The van der Waals surface area contributed by atoms with Crippen molar-refractivity contribution in [2.24, 2.45) is 0 Å². The van der Waals surface area contributed by atoms with Crippen molar-refractivity contribution in [3.8, 4) is 11.1 Å². The van der Waals surface area contributed by atoms with E-state index in [0.29, 0.717) is 11.6 Å². The molecule has 0 unspecified atom stereocenters. The highest BCUT2D eigenvalue weighted by atomic mass is 32.2. The number of halogens is 5. The Hall–Kier alpha value is -2.07. The van der Waals surface area contributed by atoms with Crippen molar-refractivity contribution in [1.82, 2.24) is 4.98 Å². The predicted molar refractivity (Wildman–Crippen MR) is 76.5 cm³/mol. The van der Waals surface area contributed by atoms with Crippen LogP contribution in [0.5, 0.6) is 0 Å². The van der Waals surface area contributed by atoms with Gasteiger partial charge >= 0.3 is 5.51 Å². The second kappa shape index (κ2) is 5.46. The maximum absolute atomic E-state index is 13.9. The molecule has 1 N–H and O–H groups in total. The summed E-state index contributed by atoms with van der Waals surface area (Å²) in [6.07, 6.45) is -1.01. The van der Waals surface area contributed by atoms with Crippen molar-refractivity contribution in [2.45, 2.75) is 28.9 Å². The van der Waals surface area contributed by atoms with Crippen LogP contribution in [0.1, 0.15) is 17.2 Å². The molecule has 10 heteroatoms. The highest BCUT2D eigenvalue weighted by molar-refractivity contribution is 7.92. The first-order valence-electron chi connectivity index (χ1n) is 6.90. The Morgan fingerprint density at radius 3 is 2.44 bits per heavy atom. The van der Waals surface area contributed by atoms with Gasteiger partial charge in [0.05, 0.1) is 4.90 Å². The predicted octanol–water partition coefficient (Wildman–Crippen LogP) is 3.27. The van der Waals surface area contributed by atoms with Crippen LogP contribution in [0.15, 0.2) is 41.6 Å². The van der Waals surface area contributed by atoms with Gasteiger partial charge in [-0.15, -0.1) is 0 Å². The van der Waals surface area contributed by atoms with E-state index in [1.165, 1.54) is 24.5 Å². The average Bonchev–Trinajstić information content (AvgIpc) is 2.76. The van der Waals surface area contributed by atoms with Gasteiger partial charge in [0.25, 0.3) is 15.8 Å². The monoisotopic (exact) mass is 379 g/mol. The van der Waals surface area contributed by atoms with Gasteiger partial charge in [-0.05, 0) is 23.3 Å². The third kappa shape index (κ3) is 2.69. The van der Waals surface area contributed by atoms with E-state index in [-0.39, 0.29) is 11.1 Å². The summed E-state index contributed by atoms with van der Waals surface area (Å²) in [6.45, 7) is 0. The molecule has 4 nitrogen and oxygen atoms in total. The molecule has 0 spiro atoms. The molecule has 1 aromatic heterocycles. The molecule has 1 aromatic carbocycles. The minimum Gasteiger partial charge on any atom is -0.382 e. The zero-order valence-corrected chi connectivity index (χ0v) is 13.1. The van der Waals surface area contributed by atoms with Crippen LogP contribution in [0.25, 0.3) is 11.1 Å². The lowest BCUT2D eigenvalue weighted by Crippen LogP contribution is -2.26. The number of aliphatic hydroxyl groups is 1. The third-order valence-corrected chi connectivity index (χ3v) is 5.51. The van der Waals surface area contributed by atoms with Crippen molar-refractivity contribution < 1.29 is 35.5 Å². The van der Waals surface area contributed by atoms with Crippen LogP contribution < -0.4 is 0 Å². The molecule has 134 valence electrons. The Balaban J connectivity index is 2.32. The summed E-state index contributed by atoms with van der Waals surface area (Å²) >= 11 is 0. The number of pyridine rings is 1. The molecular formula is C15H10F5NO3S. The summed E-state index contributed by atoms with van der Waals surface area (Å²) in [5.41, 5.74) is -6.51. The number of rotatable bonds is 2. The fourth-order valence-electron chi connectivity index (χ4n) is 2.83. The molecule has 0 amide bonds. The summed E-state index contributed by atoms with van der Waals surface area (Å²) < 4.78 is 89.9. The molecule has 0 bridgehead atoms. The van der Waals surface area contributed by atoms with E-state index in [9.17, 15) is 35.5 Å². The molecule has 3 rings (SSSR count). The number of benzene rings is 1. The second-order valence-electron chi connectivity index (χ2n) is 5.53. The van der Waals surface area contributed by atoms with Gasteiger partial charge in [0.1, 0.15) is 6.10 Å². The number of aliphatic hydroxyl groups excluding tert-OH is 1. The summed E-state index contributed by atoms with van der Waals surface area (Å²) in [4.78, 5) is 2.45. The van der Waals surface area contributed by atoms with Crippen LogP contribution >= 0.6 is 0 Å². The lowest BCUT2D eigenvalue weighted by Gasteiger charge is -2.17. The van der Waals surface area contributed by atoms with Crippen molar-refractivity contribution >= 4 is 9.84 Å². The lowest BCUT2D eigenvalue weighted by atomic mass is 9.98. The number of alkyl halides is 5. The minimum atomic E-state index is -5.89. The molecule has 1 heterocycles. The number of sulfone groups is 1. The molecule has 0 saturated carbocycles. The Bertz CT molecular complexity index is 926. The van der Waals surface area contributed by atoms with Gasteiger partial charge in [-0.25, -0.2) is 17.2 Å². The van der Waals surface area contributed by atoms with E-state index in [2.05, 4.69) is 4.98 Å². The first-order chi connectivity index (χ1) is 11.5. The first-order valence-corrected chi connectivity index (χ1v) is 8.38. The SMILES string of the molecule is O=S(=O)(c1ccc(-c2cccnc2)c2c1[C@H](O)C(F)(F)C2)C(F)(F)F. The number of nitrogens with zero attached hydrogens (tertiary/aromatic N) is 1. The molecule has 1 aliphatic carbocycles. The molecular weight excluding hydrogens is 369 g/mol. The van der Waals surface area contributed by atoms with Crippen LogP contribution in [0.2, 0.25) is 0 Å². The largest absolute Gasteiger partial charge is 0.501 e. The van der Waals surface area contributed by atoms with E-state index < -0.39 is 44.3 Å². The molecule has 25 heavy (non-hydrogen) atoms. The van der Waals surface area contributed by atoms with E-state index in [1.807, 2.05) is 0 Å². The molecule has 0 fully saturated rings. The Morgan fingerprint density at radius 1 is 1.20 bits per heavy atom. The van der Waals surface area contributed by atoms with Crippen molar-refractivity contribution in [2.75, 3.05) is 0 Å². The fraction of sp³-hybridized carbons (Fsp3) is 0.267. The van der Waals surface area contributed by atoms with Gasteiger partial charge in [0.2, 0.25) is 0 Å². The normalized spacial score (nSPS) is 19.7. The quantitative estimate of drug-likeness (QED) is 0.814. The van der Waals surface area contributed by atoms with E-state index in [1.54, 1.807) is 0 Å². The van der Waals surface area contributed by atoms with Crippen LogP contribution in [0, 0.1) is 0 Å². The van der Waals surface area contributed by atoms with Crippen LogP contribution in [0.3, 0.4) is 0 Å². The van der Waals surface area contributed by atoms with Gasteiger partial charge in [-0.3, -0.25) is 4.98 Å². The van der Waals surface area contributed by atoms with Crippen LogP contribution in [-0.4, -0.2) is 29.9 Å². The van der Waals surface area contributed by atoms with Crippen LogP contribution in [-0.2, 0) is 16.3 Å². The molecule has 0 saturated heterocycles. The molecule has 1 atom stereocenters. The summed E-state index contributed by atoms with van der Waals surface area (Å²) in [5.74, 6) is -3.78. The molecule has 0 radical (unpaired) electrons. The second-order valence-corrected chi connectivity index (χ2v) is 7.44. The maximum atomic E-state index is 13.9. The number of hydrogen-bond acceptors (Lipinski definition) is 4. The van der Waals surface area contributed by atoms with Crippen LogP contribution in [0.4, 0.5) is 22.0 Å². The van der Waals surface area contributed by atoms with E-state index in [4.69, 9.17) is 0 Å². The summed E-state index contributed by atoms with van der Waals surface area (Å²) in [7, 11) is -5.89. The maximum Gasteiger partial charge on any atom is 0.501 e. The van der Waals surface area contributed by atoms with E-state index in [0.717, 1.165) is 6.07 Å². The van der Waals surface area contributed by atoms with Gasteiger partial charge in [0.15, 0.2) is 0 Å². The van der Waals surface area contributed by atoms with Gasteiger partial charge < -0.3 is 5.11 Å². The lowest BCUT2D eigenvalue weighted by molar-refractivity contribution is -0.0977. The first kappa shape index (κ1) is 17.7. The minimum absolute atomic E-state index is 0.0976. The zero-order valence-electron chi connectivity index (χ0n) is 12.3. The molecule has 0 aliphatic heterocycles. The van der Waals surface area contributed by atoms with Crippen molar-refractivity contribution in [3.05, 3.63) is 47.8 Å². The zero-order chi connectivity index (χ0) is 18.6. The smallest absolute Gasteiger partial charge is 0.382 e. The summed E-state index contributed by atoms with van der Waals surface area (Å²) in [6, 6.07) is 4.59. The Morgan fingerprint density at radius 2 is 1.88 bits per heavy atom. The van der Waals surface area contributed by atoms with Gasteiger partial charge in [-0.1, -0.05) is 12.1 Å². The van der Waals surface area contributed by atoms with Gasteiger partial charge in [-0.2, -0.15) is 13.2 Å².